The van der Waals surface area contributed by atoms with E-state index in [-0.39, 0.29) is 0 Å². The van der Waals surface area contributed by atoms with Crippen LogP contribution < -0.4 is 15.4 Å². The van der Waals surface area contributed by atoms with Crippen molar-refractivity contribution in [1.29, 1.82) is 0 Å². The van der Waals surface area contributed by atoms with E-state index in [9.17, 15) is 4.79 Å². The molecule has 1 rings (SSSR count). The number of amides is 1. The number of aromatic nitrogens is 1. The number of ether oxygens (including phenoxy) is 2. The maximum absolute atomic E-state index is 11.9. The lowest BCUT2D eigenvalue weighted by atomic mass is 10.2. The Labute approximate surface area is 107 Å². The Bertz CT molecular complexity index is 441. The number of nitrogens with zero attached hydrogens (tertiary/aromatic N) is 2. The molecular formula is C12H19N3O3. The van der Waals surface area contributed by atoms with Crippen LogP contribution in [-0.4, -0.2) is 30.8 Å². The Kier molecular flexibility index (Phi) is 4.00. The summed E-state index contributed by atoms with van der Waals surface area (Å²) in [5.74, 6) is 1.09. The number of pyridine rings is 1. The molecule has 0 aliphatic rings. The molecule has 1 aromatic rings. The molecule has 6 heteroatoms. The van der Waals surface area contributed by atoms with E-state index in [0.29, 0.717) is 17.4 Å². The molecule has 18 heavy (non-hydrogen) atoms. The highest BCUT2D eigenvalue weighted by molar-refractivity contribution is 5.88. The predicted molar refractivity (Wildman–Crippen MR) is 69.8 cm³/mol. The van der Waals surface area contributed by atoms with Gasteiger partial charge in [-0.3, -0.25) is 4.90 Å². The Balaban J connectivity index is 2.99. The van der Waals surface area contributed by atoms with E-state index in [0.717, 1.165) is 0 Å². The van der Waals surface area contributed by atoms with Crippen LogP contribution in [0.5, 0.6) is 5.75 Å². The minimum atomic E-state index is -0.571. The summed E-state index contributed by atoms with van der Waals surface area (Å²) in [6.45, 7) is 5.38. The maximum atomic E-state index is 11.9. The second-order valence-corrected chi connectivity index (χ2v) is 4.80. The molecule has 0 saturated heterocycles. The van der Waals surface area contributed by atoms with Crippen molar-refractivity contribution in [2.24, 2.45) is 0 Å². The second-order valence-electron chi connectivity index (χ2n) is 4.80. The molecule has 0 saturated carbocycles. The molecule has 2 N–H and O–H groups in total. The van der Waals surface area contributed by atoms with Crippen LogP contribution in [0.4, 0.5) is 16.4 Å². The molecule has 0 spiro atoms. The number of methoxy groups -OCH3 is 1. The number of carbonyl (C=O) groups excluding carboxylic acids is 1. The van der Waals surface area contributed by atoms with Gasteiger partial charge in [-0.2, -0.15) is 0 Å². The average Bonchev–Trinajstić information content (AvgIpc) is 2.25. The first kappa shape index (κ1) is 14.1. The number of hydrogen-bond acceptors (Lipinski definition) is 5. The van der Waals surface area contributed by atoms with Crippen molar-refractivity contribution in [3.05, 3.63) is 12.1 Å². The zero-order valence-corrected chi connectivity index (χ0v) is 11.4. The largest absolute Gasteiger partial charge is 0.493 e. The van der Waals surface area contributed by atoms with Crippen LogP contribution in [0.15, 0.2) is 12.1 Å². The molecule has 100 valence electrons. The van der Waals surface area contributed by atoms with Gasteiger partial charge in [-0.25, -0.2) is 9.78 Å². The average molecular weight is 253 g/mol. The first-order chi connectivity index (χ1) is 8.24. The fourth-order valence-electron chi connectivity index (χ4n) is 1.27. The first-order valence-corrected chi connectivity index (χ1v) is 5.52. The van der Waals surface area contributed by atoms with Crippen LogP contribution in [0, 0.1) is 0 Å². The van der Waals surface area contributed by atoms with Crippen LogP contribution in [0.3, 0.4) is 0 Å². The lowest BCUT2D eigenvalue weighted by Gasteiger charge is -2.25. The summed E-state index contributed by atoms with van der Waals surface area (Å²) in [6.07, 6.45) is -0.515. The zero-order valence-electron chi connectivity index (χ0n) is 11.4. The predicted octanol–water partition coefficient (Wildman–Crippen LogP) is 2.04. The minimum Gasteiger partial charge on any atom is -0.493 e. The summed E-state index contributed by atoms with van der Waals surface area (Å²) in [4.78, 5) is 17.2. The van der Waals surface area contributed by atoms with E-state index >= 15 is 0 Å². The maximum Gasteiger partial charge on any atom is 0.415 e. The summed E-state index contributed by atoms with van der Waals surface area (Å²) in [7, 11) is 3.05. The number of carbonyl (C=O) groups is 1. The van der Waals surface area contributed by atoms with Crippen molar-refractivity contribution >= 4 is 17.7 Å². The number of rotatable bonds is 2. The highest BCUT2D eigenvalue weighted by Gasteiger charge is 2.23. The summed E-state index contributed by atoms with van der Waals surface area (Å²) in [6, 6.07) is 3.25. The summed E-state index contributed by atoms with van der Waals surface area (Å²) in [5.41, 5.74) is 5.03. The van der Waals surface area contributed by atoms with Gasteiger partial charge >= 0.3 is 6.09 Å². The standard InChI is InChI=1S/C12H19N3O3/c1-12(2,3)18-11(16)15(4)10-8(17-5)6-7-9(13)14-10/h6-7H,1-5H3,(H2,13,14). The summed E-state index contributed by atoms with van der Waals surface area (Å²) in [5, 5.41) is 0. The van der Waals surface area contributed by atoms with E-state index in [1.165, 1.54) is 12.0 Å². The highest BCUT2D eigenvalue weighted by atomic mass is 16.6. The van der Waals surface area contributed by atoms with Crippen molar-refractivity contribution in [1.82, 2.24) is 4.98 Å². The third-order valence-corrected chi connectivity index (χ3v) is 2.07. The van der Waals surface area contributed by atoms with Gasteiger partial charge in [0.05, 0.1) is 7.11 Å². The Morgan fingerprint density at radius 1 is 1.39 bits per heavy atom. The van der Waals surface area contributed by atoms with Gasteiger partial charge < -0.3 is 15.2 Å². The fourth-order valence-corrected chi connectivity index (χ4v) is 1.27. The van der Waals surface area contributed by atoms with Gasteiger partial charge in [0.2, 0.25) is 0 Å². The SMILES string of the molecule is COc1ccc(N)nc1N(C)C(=O)OC(C)(C)C. The van der Waals surface area contributed by atoms with E-state index in [1.54, 1.807) is 40.0 Å². The molecule has 0 aliphatic heterocycles. The molecule has 0 bridgehead atoms. The van der Waals surface area contributed by atoms with Crippen LogP contribution >= 0.6 is 0 Å². The molecule has 6 nitrogen and oxygen atoms in total. The van der Waals surface area contributed by atoms with Gasteiger partial charge in [0.1, 0.15) is 11.4 Å². The molecule has 1 heterocycles. The third-order valence-electron chi connectivity index (χ3n) is 2.07. The smallest absolute Gasteiger partial charge is 0.415 e. The molecule has 0 fully saturated rings. The highest BCUT2D eigenvalue weighted by Crippen LogP contribution is 2.27. The van der Waals surface area contributed by atoms with Crippen molar-refractivity contribution in [3.63, 3.8) is 0 Å². The van der Waals surface area contributed by atoms with E-state index in [1.807, 2.05) is 0 Å². The van der Waals surface area contributed by atoms with Gasteiger partial charge in [-0.15, -0.1) is 0 Å². The van der Waals surface area contributed by atoms with Crippen molar-refractivity contribution in [2.75, 3.05) is 24.8 Å². The van der Waals surface area contributed by atoms with E-state index in [2.05, 4.69) is 4.98 Å². The second kappa shape index (κ2) is 5.12. The molecule has 0 aromatic carbocycles. The number of hydrogen-bond donors (Lipinski definition) is 1. The molecule has 0 unspecified atom stereocenters. The van der Waals surface area contributed by atoms with Crippen molar-refractivity contribution < 1.29 is 14.3 Å². The molecule has 0 atom stereocenters. The summed E-state index contributed by atoms with van der Waals surface area (Å²) < 4.78 is 10.4. The molecule has 1 amide bonds. The minimum absolute atomic E-state index is 0.307. The number of anilines is 2. The topological polar surface area (TPSA) is 77.7 Å². The van der Waals surface area contributed by atoms with Crippen LogP contribution in [0.1, 0.15) is 20.8 Å². The van der Waals surface area contributed by atoms with Gasteiger partial charge in [0, 0.05) is 7.05 Å². The lowest BCUT2D eigenvalue weighted by molar-refractivity contribution is 0.0587. The van der Waals surface area contributed by atoms with Gasteiger partial charge in [-0.1, -0.05) is 0 Å². The summed E-state index contributed by atoms with van der Waals surface area (Å²) >= 11 is 0. The first-order valence-electron chi connectivity index (χ1n) is 5.52. The normalized spacial score (nSPS) is 10.9. The van der Waals surface area contributed by atoms with Crippen LogP contribution in [0.2, 0.25) is 0 Å². The quantitative estimate of drug-likeness (QED) is 0.872. The van der Waals surface area contributed by atoms with Crippen LogP contribution in [0.25, 0.3) is 0 Å². The molecule has 1 aromatic heterocycles. The van der Waals surface area contributed by atoms with Crippen molar-refractivity contribution in [3.8, 4) is 5.75 Å². The Morgan fingerprint density at radius 3 is 2.50 bits per heavy atom. The molecule has 0 radical (unpaired) electrons. The monoisotopic (exact) mass is 253 g/mol. The fraction of sp³-hybridized carbons (Fsp3) is 0.500. The van der Waals surface area contributed by atoms with E-state index < -0.39 is 11.7 Å². The van der Waals surface area contributed by atoms with Crippen LogP contribution in [-0.2, 0) is 4.74 Å². The van der Waals surface area contributed by atoms with Crippen molar-refractivity contribution in [2.45, 2.75) is 26.4 Å². The number of nitrogens with two attached hydrogens (primary N) is 1. The lowest BCUT2D eigenvalue weighted by Crippen LogP contribution is -2.34. The van der Waals surface area contributed by atoms with Gasteiger partial charge in [-0.05, 0) is 32.9 Å². The third kappa shape index (κ3) is 3.51. The zero-order chi connectivity index (χ0) is 13.9. The number of nitrogen functional groups attached to an aromatic ring is 1. The van der Waals surface area contributed by atoms with Gasteiger partial charge in [0.15, 0.2) is 11.6 Å². The Morgan fingerprint density at radius 2 is 2.00 bits per heavy atom. The molecular weight excluding hydrogens is 234 g/mol. The van der Waals surface area contributed by atoms with E-state index in [4.69, 9.17) is 15.2 Å². The molecule has 0 aliphatic carbocycles. The Hall–Kier alpha value is -1.98. The van der Waals surface area contributed by atoms with Gasteiger partial charge in [0.25, 0.3) is 0 Å².